The molecule has 1 aliphatic rings. The summed E-state index contributed by atoms with van der Waals surface area (Å²) in [5, 5.41) is 23.9. The van der Waals surface area contributed by atoms with E-state index in [9.17, 15) is 15.0 Å². The van der Waals surface area contributed by atoms with Crippen LogP contribution in [-0.4, -0.2) is 85.3 Å². The van der Waals surface area contributed by atoms with E-state index in [1.165, 1.54) is 6.92 Å². The van der Waals surface area contributed by atoms with Crippen LogP contribution in [0.5, 0.6) is 0 Å². The van der Waals surface area contributed by atoms with Gasteiger partial charge in [-0.1, -0.05) is 26.0 Å². The molecule has 0 unspecified atom stereocenters. The van der Waals surface area contributed by atoms with Gasteiger partial charge in [-0.05, 0) is 12.3 Å². The Labute approximate surface area is 151 Å². The number of hydrogen-bond donors (Lipinski definition) is 3. The van der Waals surface area contributed by atoms with Crippen molar-refractivity contribution in [2.45, 2.75) is 45.5 Å². The zero-order valence-corrected chi connectivity index (χ0v) is 15.7. The van der Waals surface area contributed by atoms with E-state index in [-0.39, 0.29) is 19.1 Å². The highest BCUT2D eigenvalue weighted by Gasteiger charge is 2.30. The molecule has 0 saturated carbocycles. The summed E-state index contributed by atoms with van der Waals surface area (Å²) in [6.07, 6.45) is 1.81. The number of aliphatic hydroxyl groups excluding tert-OH is 2. The number of hydrogen-bond acceptors (Lipinski definition) is 6. The van der Waals surface area contributed by atoms with Crippen molar-refractivity contribution in [1.29, 1.82) is 0 Å². The lowest BCUT2D eigenvalue weighted by Crippen LogP contribution is -2.50. The van der Waals surface area contributed by atoms with Crippen molar-refractivity contribution in [3.05, 3.63) is 12.2 Å². The smallest absolute Gasteiger partial charge is 0.219 e. The molecule has 7 heteroatoms. The number of amides is 1. The first-order chi connectivity index (χ1) is 11.9. The third-order valence-corrected chi connectivity index (χ3v) is 4.14. The molecule has 3 N–H and O–H groups in total. The van der Waals surface area contributed by atoms with Crippen LogP contribution in [0.1, 0.15) is 27.2 Å². The zero-order chi connectivity index (χ0) is 18.7. The van der Waals surface area contributed by atoms with E-state index >= 15 is 0 Å². The second kappa shape index (κ2) is 12.4. The Morgan fingerprint density at radius 2 is 2.16 bits per heavy atom. The lowest BCUT2D eigenvalue weighted by molar-refractivity contribution is -0.139. The molecular weight excluding hydrogens is 324 g/mol. The maximum Gasteiger partial charge on any atom is 0.219 e. The molecule has 7 nitrogen and oxygen atoms in total. The van der Waals surface area contributed by atoms with Crippen molar-refractivity contribution >= 4 is 5.91 Å². The van der Waals surface area contributed by atoms with Gasteiger partial charge in [-0.3, -0.25) is 4.79 Å². The second-order valence-corrected chi connectivity index (χ2v) is 6.83. The van der Waals surface area contributed by atoms with Crippen LogP contribution in [0, 0.1) is 5.92 Å². The summed E-state index contributed by atoms with van der Waals surface area (Å²) in [6, 6.07) is 0. The molecular formula is C18H34N2O5. The standard InChI is InChI=1S/C18H34N2O5/c1-14(2)6-11-25-17-12-20(15(3)21)9-8-19-7-4-5-10-24-13-16(22)18(17)23/h4-5,14,16-19,22-23H,6-13H2,1-3H3/b5-4-/t16-,17-,18-/m0/s1. The topological polar surface area (TPSA) is 91.3 Å². The van der Waals surface area contributed by atoms with Crippen molar-refractivity contribution in [2.24, 2.45) is 5.92 Å². The van der Waals surface area contributed by atoms with Gasteiger partial charge < -0.3 is 29.9 Å². The van der Waals surface area contributed by atoms with E-state index in [1.54, 1.807) is 4.90 Å². The SMILES string of the molecule is CC(=O)N1CCNC/C=C\COC[C@H](O)[C@H](O)[C@@H](OCCC(C)C)C1. The maximum atomic E-state index is 11.9. The minimum Gasteiger partial charge on any atom is -0.388 e. The van der Waals surface area contributed by atoms with Crippen LogP contribution in [0.25, 0.3) is 0 Å². The van der Waals surface area contributed by atoms with Crippen LogP contribution >= 0.6 is 0 Å². The minimum absolute atomic E-state index is 0.0169. The summed E-state index contributed by atoms with van der Waals surface area (Å²) >= 11 is 0. The Morgan fingerprint density at radius 1 is 1.40 bits per heavy atom. The fraction of sp³-hybridized carbons (Fsp3) is 0.833. The highest BCUT2D eigenvalue weighted by Crippen LogP contribution is 2.11. The number of nitrogens with one attached hydrogen (secondary N) is 1. The Bertz CT molecular complexity index is 403. The molecule has 0 aliphatic carbocycles. The lowest BCUT2D eigenvalue weighted by atomic mass is 10.1. The maximum absolute atomic E-state index is 11.9. The Hall–Kier alpha value is -0.990. The highest BCUT2D eigenvalue weighted by molar-refractivity contribution is 5.73. The van der Waals surface area contributed by atoms with Crippen molar-refractivity contribution in [3.8, 4) is 0 Å². The second-order valence-electron chi connectivity index (χ2n) is 6.83. The van der Waals surface area contributed by atoms with Gasteiger partial charge in [0.1, 0.15) is 18.3 Å². The predicted molar refractivity (Wildman–Crippen MR) is 96.3 cm³/mol. The minimum atomic E-state index is -1.12. The molecule has 25 heavy (non-hydrogen) atoms. The lowest BCUT2D eigenvalue weighted by Gasteiger charge is -2.32. The van der Waals surface area contributed by atoms with Gasteiger partial charge in [0.05, 0.1) is 13.2 Å². The van der Waals surface area contributed by atoms with Gasteiger partial charge in [0.2, 0.25) is 5.91 Å². The fourth-order valence-corrected chi connectivity index (χ4v) is 2.46. The third-order valence-electron chi connectivity index (χ3n) is 4.14. The van der Waals surface area contributed by atoms with Gasteiger partial charge in [0.15, 0.2) is 0 Å². The third kappa shape index (κ3) is 9.32. The first-order valence-electron chi connectivity index (χ1n) is 9.08. The van der Waals surface area contributed by atoms with Crippen LogP contribution in [0.15, 0.2) is 12.2 Å². The molecule has 1 amide bonds. The van der Waals surface area contributed by atoms with Gasteiger partial charge in [-0.15, -0.1) is 0 Å². The number of ether oxygens (including phenoxy) is 2. The molecule has 146 valence electrons. The van der Waals surface area contributed by atoms with E-state index in [4.69, 9.17) is 9.47 Å². The number of aliphatic hydroxyl groups is 2. The molecule has 1 heterocycles. The summed E-state index contributed by atoms with van der Waals surface area (Å²) in [6.45, 7) is 8.65. The van der Waals surface area contributed by atoms with Crippen molar-refractivity contribution in [3.63, 3.8) is 0 Å². The molecule has 0 fully saturated rings. The van der Waals surface area contributed by atoms with Gasteiger partial charge in [-0.25, -0.2) is 0 Å². The molecule has 0 bridgehead atoms. The number of nitrogens with zero attached hydrogens (tertiary/aromatic N) is 1. The van der Waals surface area contributed by atoms with Crippen LogP contribution < -0.4 is 5.32 Å². The van der Waals surface area contributed by atoms with Crippen LogP contribution in [0.3, 0.4) is 0 Å². The van der Waals surface area contributed by atoms with E-state index in [0.717, 1.165) is 6.42 Å². The molecule has 0 spiro atoms. The largest absolute Gasteiger partial charge is 0.388 e. The van der Waals surface area contributed by atoms with Crippen molar-refractivity contribution in [1.82, 2.24) is 10.2 Å². The average molecular weight is 358 g/mol. The van der Waals surface area contributed by atoms with Crippen molar-refractivity contribution in [2.75, 3.05) is 46.0 Å². The summed E-state index contributed by atoms with van der Waals surface area (Å²) in [4.78, 5) is 13.6. The fourth-order valence-electron chi connectivity index (χ4n) is 2.46. The Kier molecular flexibility index (Phi) is 10.9. The quantitative estimate of drug-likeness (QED) is 0.621. The first kappa shape index (κ1) is 22.1. The Balaban J connectivity index is 2.79. The number of rotatable bonds is 4. The highest BCUT2D eigenvalue weighted by atomic mass is 16.5. The number of carbonyl (C=O) groups excluding carboxylic acids is 1. The van der Waals surface area contributed by atoms with E-state index in [0.29, 0.717) is 38.8 Å². The Morgan fingerprint density at radius 3 is 2.84 bits per heavy atom. The van der Waals surface area contributed by atoms with Crippen LogP contribution in [-0.2, 0) is 14.3 Å². The van der Waals surface area contributed by atoms with Crippen LogP contribution in [0.2, 0.25) is 0 Å². The molecule has 1 aliphatic heterocycles. The number of carbonyl (C=O) groups is 1. The predicted octanol–water partition coefficient (Wildman–Crippen LogP) is 0.164. The molecule has 0 aromatic carbocycles. The molecule has 0 aromatic heterocycles. The molecule has 0 saturated heterocycles. The van der Waals surface area contributed by atoms with E-state index in [1.807, 2.05) is 12.2 Å². The van der Waals surface area contributed by atoms with Crippen molar-refractivity contribution < 1.29 is 24.5 Å². The summed E-state index contributed by atoms with van der Waals surface area (Å²) in [5.41, 5.74) is 0. The first-order valence-corrected chi connectivity index (χ1v) is 9.08. The normalized spacial score (nSPS) is 28.6. The van der Waals surface area contributed by atoms with E-state index in [2.05, 4.69) is 19.2 Å². The van der Waals surface area contributed by atoms with Gasteiger partial charge in [0, 0.05) is 39.7 Å². The van der Waals surface area contributed by atoms with Crippen LogP contribution in [0.4, 0.5) is 0 Å². The molecule has 3 atom stereocenters. The molecule has 0 radical (unpaired) electrons. The molecule has 1 rings (SSSR count). The van der Waals surface area contributed by atoms with Gasteiger partial charge in [-0.2, -0.15) is 0 Å². The summed E-state index contributed by atoms with van der Waals surface area (Å²) in [5.74, 6) is 0.392. The summed E-state index contributed by atoms with van der Waals surface area (Å²) < 4.78 is 11.2. The summed E-state index contributed by atoms with van der Waals surface area (Å²) in [7, 11) is 0. The molecule has 0 aromatic rings. The van der Waals surface area contributed by atoms with E-state index < -0.39 is 18.3 Å². The van der Waals surface area contributed by atoms with Gasteiger partial charge >= 0.3 is 0 Å². The zero-order valence-electron chi connectivity index (χ0n) is 15.7. The average Bonchev–Trinajstić information content (AvgIpc) is 2.55. The van der Waals surface area contributed by atoms with Gasteiger partial charge in [0.25, 0.3) is 0 Å². The monoisotopic (exact) mass is 358 g/mol.